The quantitative estimate of drug-likeness (QED) is 0.768. The van der Waals surface area contributed by atoms with Gasteiger partial charge in [0.05, 0.1) is 0 Å². The lowest BCUT2D eigenvalue weighted by Gasteiger charge is -2.29. The van der Waals surface area contributed by atoms with E-state index in [0.29, 0.717) is 0 Å². The van der Waals surface area contributed by atoms with Crippen molar-refractivity contribution in [2.45, 2.75) is 57.0 Å². The first-order chi connectivity index (χ1) is 13.8. The maximum Gasteiger partial charge on any atom is 0.325 e. The van der Waals surface area contributed by atoms with E-state index in [9.17, 15) is 23.2 Å². The molecule has 0 unspecified atom stereocenters. The lowest BCUT2D eigenvalue weighted by atomic mass is 9.91. The fraction of sp³-hybridized carbons (Fsp3) is 0.476. The van der Waals surface area contributed by atoms with Gasteiger partial charge < -0.3 is 10.2 Å². The number of carbonyl (C=O) groups excluding carboxylic acids is 3. The highest BCUT2D eigenvalue weighted by Crippen LogP contribution is 2.35. The van der Waals surface area contributed by atoms with Gasteiger partial charge in [0.2, 0.25) is 5.91 Å². The highest BCUT2D eigenvalue weighted by Gasteiger charge is 2.51. The van der Waals surface area contributed by atoms with Crippen molar-refractivity contribution in [2.24, 2.45) is 0 Å². The summed E-state index contributed by atoms with van der Waals surface area (Å²) in [5, 5.41) is 2.43. The number of nitrogens with zero attached hydrogens (tertiary/aromatic N) is 2. The molecule has 0 spiro atoms. The van der Waals surface area contributed by atoms with Crippen LogP contribution < -0.4 is 5.32 Å². The summed E-state index contributed by atoms with van der Waals surface area (Å²) in [6.07, 6.45) is 7.65. The minimum atomic E-state index is -1.77. The van der Waals surface area contributed by atoms with Crippen LogP contribution in [0.3, 0.4) is 0 Å². The van der Waals surface area contributed by atoms with Crippen LogP contribution in [0.15, 0.2) is 30.0 Å². The molecule has 1 aliphatic heterocycles. The average molecular weight is 403 g/mol. The number of carbonyl (C=O) groups is 3. The first-order valence-electron chi connectivity index (χ1n) is 9.92. The lowest BCUT2D eigenvalue weighted by molar-refractivity contribution is -0.138. The van der Waals surface area contributed by atoms with Crippen LogP contribution in [0.4, 0.5) is 13.6 Å². The molecule has 3 aliphatic rings. The summed E-state index contributed by atoms with van der Waals surface area (Å²) >= 11 is 0. The van der Waals surface area contributed by atoms with Crippen molar-refractivity contribution >= 4 is 17.8 Å². The Morgan fingerprint density at radius 3 is 2.69 bits per heavy atom. The van der Waals surface area contributed by atoms with Crippen molar-refractivity contribution < 1.29 is 23.2 Å². The minimum Gasteiger partial charge on any atom is -0.319 e. The third kappa shape index (κ3) is 3.52. The Bertz CT molecular complexity index is 912. The SMILES string of the molecule is C[C@]1(c2cc(F)ccc2F)NC(=O)N(CC(=O)N(C2=CCCCC2)C2CC2)C1=O. The Labute approximate surface area is 167 Å². The van der Waals surface area contributed by atoms with Gasteiger partial charge in [-0.15, -0.1) is 0 Å². The van der Waals surface area contributed by atoms with Gasteiger partial charge in [0.25, 0.3) is 5.91 Å². The normalized spacial score (nSPS) is 24.4. The van der Waals surface area contributed by atoms with E-state index in [-0.39, 0.29) is 17.5 Å². The molecule has 29 heavy (non-hydrogen) atoms. The number of urea groups is 1. The van der Waals surface area contributed by atoms with Gasteiger partial charge in [-0.1, -0.05) is 6.08 Å². The van der Waals surface area contributed by atoms with Crippen molar-refractivity contribution in [2.75, 3.05) is 6.54 Å². The van der Waals surface area contributed by atoms with Crippen molar-refractivity contribution in [1.29, 1.82) is 0 Å². The second kappa shape index (κ2) is 7.24. The van der Waals surface area contributed by atoms with E-state index in [1.807, 2.05) is 0 Å². The maximum absolute atomic E-state index is 14.3. The van der Waals surface area contributed by atoms with Gasteiger partial charge in [0.1, 0.15) is 23.7 Å². The zero-order chi connectivity index (χ0) is 20.8. The number of imide groups is 1. The van der Waals surface area contributed by atoms with Crippen LogP contribution in [0.1, 0.15) is 51.0 Å². The Morgan fingerprint density at radius 1 is 1.28 bits per heavy atom. The fourth-order valence-electron chi connectivity index (χ4n) is 4.09. The molecule has 1 N–H and O–H groups in total. The summed E-state index contributed by atoms with van der Waals surface area (Å²) in [7, 11) is 0. The first-order valence-corrected chi connectivity index (χ1v) is 9.92. The van der Waals surface area contributed by atoms with E-state index in [0.717, 1.165) is 67.3 Å². The van der Waals surface area contributed by atoms with E-state index in [2.05, 4.69) is 11.4 Å². The topological polar surface area (TPSA) is 69.7 Å². The molecule has 8 heteroatoms. The first kappa shape index (κ1) is 19.5. The predicted octanol–water partition coefficient (Wildman–Crippen LogP) is 3.18. The molecule has 4 rings (SSSR count). The van der Waals surface area contributed by atoms with E-state index >= 15 is 0 Å². The maximum atomic E-state index is 14.3. The third-order valence-electron chi connectivity index (χ3n) is 5.79. The molecule has 0 radical (unpaired) electrons. The number of rotatable bonds is 5. The second-order valence-electron chi connectivity index (χ2n) is 8.01. The molecule has 1 saturated carbocycles. The number of allylic oxidation sites excluding steroid dienone is 2. The molecule has 1 aromatic rings. The Kier molecular flexibility index (Phi) is 4.88. The Balaban J connectivity index is 1.57. The number of nitrogens with one attached hydrogen (secondary N) is 1. The standard InChI is InChI=1S/C21H23F2N3O3/c1-21(16-11-13(22)7-10-17(16)23)19(28)25(20(29)24-21)12-18(27)26(15-8-9-15)14-5-3-2-4-6-14/h5,7,10-11,15H,2-4,6,8-9,12H2,1H3,(H,24,29)/t21-/m1/s1. The smallest absolute Gasteiger partial charge is 0.319 e. The van der Waals surface area contributed by atoms with Gasteiger partial charge in [0.15, 0.2) is 0 Å². The molecule has 0 bridgehead atoms. The van der Waals surface area contributed by atoms with Crippen molar-refractivity contribution in [3.63, 3.8) is 0 Å². The molecule has 1 heterocycles. The number of hydrogen-bond donors (Lipinski definition) is 1. The number of benzene rings is 1. The second-order valence-corrected chi connectivity index (χ2v) is 8.01. The van der Waals surface area contributed by atoms with Gasteiger partial charge in [-0.3, -0.25) is 14.5 Å². The van der Waals surface area contributed by atoms with Crippen LogP contribution in [0, 0.1) is 11.6 Å². The van der Waals surface area contributed by atoms with Crippen LogP contribution in [-0.4, -0.2) is 40.2 Å². The highest BCUT2D eigenvalue weighted by atomic mass is 19.1. The monoisotopic (exact) mass is 403 g/mol. The van der Waals surface area contributed by atoms with Crippen LogP contribution in [0.5, 0.6) is 0 Å². The summed E-state index contributed by atoms with van der Waals surface area (Å²) in [4.78, 5) is 41.0. The zero-order valence-electron chi connectivity index (χ0n) is 16.2. The molecule has 4 amide bonds. The number of halogens is 2. The molecular formula is C21H23F2N3O3. The zero-order valence-corrected chi connectivity index (χ0v) is 16.2. The Hall–Kier alpha value is -2.77. The van der Waals surface area contributed by atoms with E-state index in [4.69, 9.17) is 0 Å². The lowest BCUT2D eigenvalue weighted by Crippen LogP contribution is -2.45. The molecule has 0 aromatic heterocycles. The molecule has 1 aromatic carbocycles. The third-order valence-corrected chi connectivity index (χ3v) is 5.79. The van der Waals surface area contributed by atoms with E-state index in [1.165, 1.54) is 6.92 Å². The minimum absolute atomic E-state index is 0.111. The average Bonchev–Trinajstić information content (AvgIpc) is 3.49. The molecule has 2 fully saturated rings. The van der Waals surface area contributed by atoms with Gasteiger partial charge in [0, 0.05) is 17.3 Å². The van der Waals surface area contributed by atoms with Crippen molar-refractivity contribution in [1.82, 2.24) is 15.1 Å². The van der Waals surface area contributed by atoms with Gasteiger partial charge in [-0.25, -0.2) is 13.6 Å². The highest BCUT2D eigenvalue weighted by molar-refractivity contribution is 6.09. The molecule has 1 saturated heterocycles. The van der Waals surface area contributed by atoms with Crippen molar-refractivity contribution in [3.05, 3.63) is 47.2 Å². The van der Waals surface area contributed by atoms with Gasteiger partial charge in [-0.2, -0.15) is 0 Å². The summed E-state index contributed by atoms with van der Waals surface area (Å²) in [6, 6.07) is 2.06. The number of amides is 4. The summed E-state index contributed by atoms with van der Waals surface area (Å²) in [5.74, 6) is -2.62. The summed E-state index contributed by atoms with van der Waals surface area (Å²) in [5.41, 5.74) is -1.08. The Morgan fingerprint density at radius 2 is 2.03 bits per heavy atom. The predicted molar refractivity (Wildman–Crippen MR) is 100 cm³/mol. The van der Waals surface area contributed by atoms with Crippen LogP contribution in [-0.2, 0) is 15.1 Å². The molecule has 154 valence electrons. The van der Waals surface area contributed by atoms with Crippen LogP contribution in [0.25, 0.3) is 0 Å². The molecule has 6 nitrogen and oxygen atoms in total. The molecule has 2 aliphatic carbocycles. The van der Waals surface area contributed by atoms with Gasteiger partial charge in [-0.05, 0) is 63.6 Å². The summed E-state index contributed by atoms with van der Waals surface area (Å²) < 4.78 is 27.9. The molecule has 1 atom stereocenters. The van der Waals surface area contributed by atoms with Gasteiger partial charge >= 0.3 is 6.03 Å². The molecular weight excluding hydrogens is 380 g/mol. The van der Waals surface area contributed by atoms with E-state index in [1.54, 1.807) is 4.90 Å². The number of hydrogen-bond acceptors (Lipinski definition) is 3. The van der Waals surface area contributed by atoms with Crippen LogP contribution >= 0.6 is 0 Å². The summed E-state index contributed by atoms with van der Waals surface area (Å²) in [6.45, 7) is 0.892. The van der Waals surface area contributed by atoms with Crippen LogP contribution in [0.2, 0.25) is 0 Å². The fourth-order valence-corrected chi connectivity index (χ4v) is 4.09. The van der Waals surface area contributed by atoms with Crippen molar-refractivity contribution in [3.8, 4) is 0 Å². The van der Waals surface area contributed by atoms with E-state index < -0.39 is 35.7 Å². The largest absolute Gasteiger partial charge is 0.325 e.